The molecule has 2 aromatic heterocycles. The van der Waals surface area contributed by atoms with Crippen LogP contribution in [0.5, 0.6) is 0 Å². The van der Waals surface area contributed by atoms with Gasteiger partial charge in [-0.1, -0.05) is 22.8 Å². The highest BCUT2D eigenvalue weighted by molar-refractivity contribution is 6.31. The number of H-pyrrole nitrogens is 1. The van der Waals surface area contributed by atoms with E-state index in [2.05, 4.69) is 16.2 Å². The van der Waals surface area contributed by atoms with Crippen LogP contribution in [0, 0.1) is 17.1 Å². The summed E-state index contributed by atoms with van der Waals surface area (Å²) in [5.74, 6) is 0.223. The second-order valence-electron chi connectivity index (χ2n) is 6.14. The largest absolute Gasteiger partial charge is 0.391 e. The van der Waals surface area contributed by atoms with E-state index in [4.69, 9.17) is 16.4 Å². The van der Waals surface area contributed by atoms with E-state index in [1.165, 1.54) is 18.3 Å². The molecule has 28 heavy (non-hydrogen) atoms. The molecule has 0 spiro atoms. The Balaban J connectivity index is 1.80. The van der Waals surface area contributed by atoms with Crippen molar-refractivity contribution in [2.75, 3.05) is 19.0 Å². The second-order valence-corrected chi connectivity index (χ2v) is 6.55. The van der Waals surface area contributed by atoms with Crippen molar-refractivity contribution in [1.29, 1.82) is 5.26 Å². The summed E-state index contributed by atoms with van der Waals surface area (Å²) in [7, 11) is 3.76. The Morgan fingerprint density at radius 2 is 2.18 bits per heavy atom. The molecule has 0 bridgehead atoms. The number of nitrogens with zero attached hydrogens (tertiary/aromatic N) is 4. The molecule has 8 heteroatoms. The molecule has 3 rings (SSSR count). The Labute approximate surface area is 167 Å². The van der Waals surface area contributed by atoms with E-state index in [9.17, 15) is 9.65 Å². The van der Waals surface area contributed by atoms with E-state index >= 15 is 0 Å². The van der Waals surface area contributed by atoms with Gasteiger partial charge in [0.1, 0.15) is 24.7 Å². The van der Waals surface area contributed by atoms with Gasteiger partial charge in [0, 0.05) is 25.7 Å². The number of benzene rings is 1. The SMILES string of the molecule is CN(C)c1cc[nH+]c(-n2cccc2/C=N\OCc2ccc(F)cc2Cl)c1C#N. The summed E-state index contributed by atoms with van der Waals surface area (Å²) < 4.78 is 14.9. The van der Waals surface area contributed by atoms with Crippen LogP contribution in [0.2, 0.25) is 5.02 Å². The maximum Gasteiger partial charge on any atom is 0.304 e. The summed E-state index contributed by atoms with van der Waals surface area (Å²) >= 11 is 5.97. The van der Waals surface area contributed by atoms with Crippen molar-refractivity contribution in [2.24, 2.45) is 5.16 Å². The molecule has 142 valence electrons. The molecule has 0 fully saturated rings. The van der Waals surface area contributed by atoms with Gasteiger partial charge < -0.3 is 9.74 Å². The highest BCUT2D eigenvalue weighted by Gasteiger charge is 2.20. The standard InChI is InChI=1S/C20H17ClFN5O/c1-26(2)19-7-8-24-20(17(19)11-23)27-9-3-4-16(27)12-25-28-13-14-5-6-15(22)10-18(14)21/h3-10,12H,13H2,1-2H3/p+1/b25-12-. The van der Waals surface area contributed by atoms with Gasteiger partial charge in [-0.25, -0.2) is 9.37 Å². The third kappa shape index (κ3) is 4.13. The number of nitrogens with one attached hydrogen (secondary N) is 1. The van der Waals surface area contributed by atoms with E-state index < -0.39 is 5.82 Å². The smallest absolute Gasteiger partial charge is 0.304 e. The first-order valence-electron chi connectivity index (χ1n) is 8.40. The molecule has 3 aromatic rings. The lowest BCUT2D eigenvalue weighted by atomic mass is 10.2. The summed E-state index contributed by atoms with van der Waals surface area (Å²) in [6, 6.07) is 11.9. The quantitative estimate of drug-likeness (QED) is 0.471. The van der Waals surface area contributed by atoms with E-state index in [-0.39, 0.29) is 11.6 Å². The van der Waals surface area contributed by atoms with Crippen LogP contribution in [0.15, 0.2) is 53.9 Å². The molecule has 1 aromatic carbocycles. The number of hydrogen-bond donors (Lipinski definition) is 0. The minimum absolute atomic E-state index is 0.113. The number of rotatable bonds is 6. The average molecular weight is 399 g/mol. The fourth-order valence-electron chi connectivity index (χ4n) is 2.69. The highest BCUT2D eigenvalue weighted by atomic mass is 35.5. The molecule has 2 heterocycles. The van der Waals surface area contributed by atoms with E-state index in [0.29, 0.717) is 22.6 Å². The molecule has 0 saturated heterocycles. The first kappa shape index (κ1) is 19.4. The normalized spacial score (nSPS) is 10.8. The van der Waals surface area contributed by atoms with Gasteiger partial charge >= 0.3 is 5.82 Å². The lowest BCUT2D eigenvalue weighted by Crippen LogP contribution is -2.20. The summed E-state index contributed by atoms with van der Waals surface area (Å²) in [6.45, 7) is 0.113. The second kappa shape index (κ2) is 8.55. The lowest BCUT2D eigenvalue weighted by molar-refractivity contribution is -0.373. The molecular formula is C20H18ClFN5O+. The van der Waals surface area contributed by atoms with Crippen LogP contribution in [0.1, 0.15) is 16.8 Å². The predicted octanol–water partition coefficient (Wildman–Crippen LogP) is 3.57. The molecule has 0 saturated carbocycles. The minimum Gasteiger partial charge on any atom is -0.391 e. The number of aromatic amines is 1. The number of nitriles is 1. The molecule has 1 N–H and O–H groups in total. The Kier molecular flexibility index (Phi) is 5.92. The summed E-state index contributed by atoms with van der Waals surface area (Å²) in [6.07, 6.45) is 5.14. The summed E-state index contributed by atoms with van der Waals surface area (Å²) in [5.41, 5.74) is 2.66. The molecule has 6 nitrogen and oxygen atoms in total. The van der Waals surface area contributed by atoms with Crippen LogP contribution in [0.3, 0.4) is 0 Å². The lowest BCUT2D eigenvalue weighted by Gasteiger charge is -2.13. The fourth-order valence-corrected chi connectivity index (χ4v) is 2.91. The average Bonchev–Trinajstić information content (AvgIpc) is 3.14. The number of halogens is 2. The van der Waals surface area contributed by atoms with Crippen molar-refractivity contribution in [2.45, 2.75) is 6.61 Å². The zero-order valence-corrected chi connectivity index (χ0v) is 16.1. The van der Waals surface area contributed by atoms with Gasteiger partial charge in [-0.2, -0.15) is 9.83 Å². The number of hydrogen-bond acceptors (Lipinski definition) is 4. The molecule has 0 amide bonds. The topological polar surface area (TPSA) is 67.7 Å². The van der Waals surface area contributed by atoms with Gasteiger partial charge in [-0.3, -0.25) is 0 Å². The Morgan fingerprint density at radius 3 is 2.89 bits per heavy atom. The van der Waals surface area contributed by atoms with E-state index in [1.54, 1.807) is 12.3 Å². The van der Waals surface area contributed by atoms with Crippen LogP contribution >= 0.6 is 11.6 Å². The minimum atomic E-state index is -0.403. The zero-order chi connectivity index (χ0) is 20.1. The van der Waals surface area contributed by atoms with Crippen LogP contribution in [-0.4, -0.2) is 24.9 Å². The summed E-state index contributed by atoms with van der Waals surface area (Å²) in [5, 5.41) is 13.9. The molecule has 0 aliphatic carbocycles. The number of pyridine rings is 1. The van der Waals surface area contributed by atoms with Gasteiger partial charge in [-0.15, -0.1) is 0 Å². The van der Waals surface area contributed by atoms with Crippen LogP contribution in [-0.2, 0) is 11.4 Å². The van der Waals surface area contributed by atoms with Crippen molar-refractivity contribution in [1.82, 2.24) is 4.57 Å². The Morgan fingerprint density at radius 1 is 1.36 bits per heavy atom. The van der Waals surface area contributed by atoms with Crippen molar-refractivity contribution in [3.8, 4) is 11.9 Å². The van der Waals surface area contributed by atoms with Gasteiger partial charge in [0.05, 0.1) is 23.1 Å². The number of aromatic nitrogens is 2. The molecule has 0 radical (unpaired) electrons. The monoisotopic (exact) mass is 398 g/mol. The first-order chi connectivity index (χ1) is 13.5. The Hall–Kier alpha value is -3.37. The number of anilines is 1. The maximum atomic E-state index is 13.1. The van der Waals surface area contributed by atoms with Gasteiger partial charge in [-0.05, 0) is 24.3 Å². The van der Waals surface area contributed by atoms with Gasteiger partial charge in [0.15, 0.2) is 11.3 Å². The molecule has 0 aliphatic heterocycles. The van der Waals surface area contributed by atoms with E-state index in [0.717, 1.165) is 5.69 Å². The fraction of sp³-hybridized carbons (Fsp3) is 0.150. The van der Waals surface area contributed by atoms with Crippen LogP contribution in [0.4, 0.5) is 10.1 Å². The van der Waals surface area contributed by atoms with Gasteiger partial charge in [0.25, 0.3) is 0 Å². The number of oxime groups is 1. The first-order valence-corrected chi connectivity index (χ1v) is 8.78. The predicted molar refractivity (Wildman–Crippen MR) is 105 cm³/mol. The molecule has 0 atom stereocenters. The van der Waals surface area contributed by atoms with Crippen molar-refractivity contribution in [3.63, 3.8) is 0 Å². The van der Waals surface area contributed by atoms with Crippen LogP contribution < -0.4 is 9.88 Å². The Bertz CT molecular complexity index is 1050. The maximum absolute atomic E-state index is 13.1. The van der Waals surface area contributed by atoms with Crippen molar-refractivity contribution in [3.05, 3.63) is 76.5 Å². The highest BCUT2D eigenvalue weighted by Crippen LogP contribution is 2.22. The summed E-state index contributed by atoms with van der Waals surface area (Å²) in [4.78, 5) is 10.3. The van der Waals surface area contributed by atoms with Crippen LogP contribution in [0.25, 0.3) is 5.82 Å². The van der Waals surface area contributed by atoms with E-state index in [1.807, 2.05) is 48.0 Å². The molecular weight excluding hydrogens is 381 g/mol. The van der Waals surface area contributed by atoms with Crippen molar-refractivity contribution >= 4 is 23.5 Å². The van der Waals surface area contributed by atoms with Crippen molar-refractivity contribution < 1.29 is 14.2 Å². The zero-order valence-electron chi connectivity index (χ0n) is 15.4. The third-order valence-electron chi connectivity index (χ3n) is 4.06. The van der Waals surface area contributed by atoms with Gasteiger partial charge in [0.2, 0.25) is 0 Å². The molecule has 0 aliphatic rings. The third-order valence-corrected chi connectivity index (χ3v) is 4.42. The molecule has 0 unspecified atom stereocenters.